The number of amides is 1. The minimum absolute atomic E-state index is 0.0166. The topological polar surface area (TPSA) is 76.1 Å². The van der Waals surface area contributed by atoms with Gasteiger partial charge in [0.15, 0.2) is 0 Å². The second-order valence-corrected chi connectivity index (χ2v) is 9.86. The molecule has 1 atom stereocenters. The first-order valence-corrected chi connectivity index (χ1v) is 12.4. The van der Waals surface area contributed by atoms with Crippen molar-refractivity contribution in [3.05, 3.63) is 94.1 Å². The number of hydrogen-bond donors (Lipinski definition) is 1. The molecule has 1 N–H and O–H groups in total. The molecule has 1 fully saturated rings. The Kier molecular flexibility index (Phi) is 7.39. The highest BCUT2D eigenvalue weighted by Gasteiger charge is 2.48. The number of carbonyl (C=O) groups is 2. The number of ether oxygens (including phenoxy) is 2. The van der Waals surface area contributed by atoms with Gasteiger partial charge in [-0.3, -0.25) is 14.5 Å². The highest BCUT2D eigenvalue weighted by molar-refractivity contribution is 6.51. The lowest BCUT2D eigenvalue weighted by atomic mass is 9.94. The van der Waals surface area contributed by atoms with E-state index in [0.29, 0.717) is 40.8 Å². The lowest BCUT2D eigenvalue weighted by Gasteiger charge is -2.27. The van der Waals surface area contributed by atoms with E-state index in [4.69, 9.17) is 9.47 Å². The molecule has 1 heterocycles. The van der Waals surface area contributed by atoms with Crippen LogP contribution in [-0.2, 0) is 9.59 Å². The highest BCUT2D eigenvalue weighted by Crippen LogP contribution is 2.45. The van der Waals surface area contributed by atoms with Gasteiger partial charge in [-0.15, -0.1) is 0 Å². The fourth-order valence-electron chi connectivity index (χ4n) is 4.53. The predicted octanol–water partition coefficient (Wildman–Crippen LogP) is 6.28. The maximum Gasteiger partial charge on any atom is 0.300 e. The van der Waals surface area contributed by atoms with Crippen molar-refractivity contribution in [1.29, 1.82) is 0 Å². The van der Waals surface area contributed by atoms with Crippen molar-refractivity contribution in [2.45, 2.75) is 40.7 Å². The first kappa shape index (κ1) is 26.0. The zero-order valence-corrected chi connectivity index (χ0v) is 22.2. The molecule has 0 aliphatic carbocycles. The van der Waals surface area contributed by atoms with Crippen molar-refractivity contribution in [3.8, 4) is 11.5 Å². The third-order valence-corrected chi connectivity index (χ3v) is 6.67. The second-order valence-electron chi connectivity index (χ2n) is 9.86. The number of methoxy groups -OCH3 is 1. The van der Waals surface area contributed by atoms with E-state index in [2.05, 4.69) is 13.8 Å². The smallest absolute Gasteiger partial charge is 0.300 e. The van der Waals surface area contributed by atoms with Crippen LogP contribution in [0.5, 0.6) is 11.5 Å². The van der Waals surface area contributed by atoms with E-state index >= 15 is 0 Å². The monoisotopic (exact) mass is 499 g/mol. The van der Waals surface area contributed by atoms with Crippen LogP contribution in [0.3, 0.4) is 0 Å². The van der Waals surface area contributed by atoms with Gasteiger partial charge in [0.25, 0.3) is 11.7 Å². The quantitative estimate of drug-likeness (QED) is 0.235. The van der Waals surface area contributed by atoms with Gasteiger partial charge in [-0.2, -0.15) is 0 Å². The number of aliphatic hydroxyl groups is 1. The molecule has 6 heteroatoms. The van der Waals surface area contributed by atoms with Crippen LogP contribution >= 0.6 is 0 Å². The fourth-order valence-corrected chi connectivity index (χ4v) is 4.53. The molecular weight excluding hydrogens is 466 g/mol. The zero-order chi connectivity index (χ0) is 26.9. The SMILES string of the molecule is COc1ccccc1C1/C(=C(\O)c2ccc(OCC(C)C)c(C)c2)C(=O)C(=O)N1c1ccc(C)c(C)c1. The number of aliphatic hydroxyl groups excluding tert-OH is 1. The predicted molar refractivity (Wildman–Crippen MR) is 145 cm³/mol. The van der Waals surface area contributed by atoms with Crippen LogP contribution < -0.4 is 14.4 Å². The van der Waals surface area contributed by atoms with Gasteiger partial charge in [0.2, 0.25) is 0 Å². The van der Waals surface area contributed by atoms with Crippen LogP contribution in [0, 0.1) is 26.7 Å². The van der Waals surface area contributed by atoms with Gasteiger partial charge in [-0.1, -0.05) is 38.1 Å². The summed E-state index contributed by atoms with van der Waals surface area (Å²) in [6.45, 7) is 10.5. The summed E-state index contributed by atoms with van der Waals surface area (Å²) in [5.74, 6) is -0.0857. The number of para-hydroxylation sites is 1. The van der Waals surface area contributed by atoms with E-state index in [1.54, 1.807) is 31.4 Å². The summed E-state index contributed by atoms with van der Waals surface area (Å²) in [6.07, 6.45) is 0. The Labute approximate surface area is 218 Å². The molecule has 6 nitrogen and oxygen atoms in total. The molecule has 1 amide bonds. The van der Waals surface area contributed by atoms with Gasteiger partial charge in [0.05, 0.1) is 25.3 Å². The first-order chi connectivity index (χ1) is 17.6. The molecule has 37 heavy (non-hydrogen) atoms. The zero-order valence-electron chi connectivity index (χ0n) is 22.2. The Morgan fingerprint density at radius 1 is 0.919 bits per heavy atom. The van der Waals surface area contributed by atoms with E-state index in [-0.39, 0.29) is 11.3 Å². The summed E-state index contributed by atoms with van der Waals surface area (Å²) in [4.78, 5) is 28.4. The number of carbonyl (C=O) groups excluding carboxylic acids is 2. The van der Waals surface area contributed by atoms with Crippen LogP contribution in [0.2, 0.25) is 0 Å². The summed E-state index contributed by atoms with van der Waals surface area (Å²) >= 11 is 0. The molecular formula is C31H33NO5. The largest absolute Gasteiger partial charge is 0.507 e. The van der Waals surface area contributed by atoms with Gasteiger partial charge in [-0.05, 0) is 79.8 Å². The van der Waals surface area contributed by atoms with Crippen LogP contribution in [0.25, 0.3) is 5.76 Å². The normalized spacial score (nSPS) is 16.9. The van der Waals surface area contributed by atoms with Gasteiger partial charge >= 0.3 is 0 Å². The Morgan fingerprint density at radius 3 is 2.30 bits per heavy atom. The summed E-state index contributed by atoms with van der Waals surface area (Å²) in [7, 11) is 1.54. The maximum absolute atomic E-state index is 13.5. The number of Topliss-reactive ketones (excluding diaryl/α,β-unsaturated/α-hetero) is 1. The summed E-state index contributed by atoms with van der Waals surface area (Å²) in [5, 5.41) is 11.5. The Morgan fingerprint density at radius 2 is 1.65 bits per heavy atom. The Bertz CT molecular complexity index is 1390. The van der Waals surface area contributed by atoms with Crippen LogP contribution in [-0.4, -0.2) is 30.5 Å². The molecule has 1 aliphatic heterocycles. The van der Waals surface area contributed by atoms with Crippen LogP contribution in [0.1, 0.15) is 47.7 Å². The molecule has 192 valence electrons. The molecule has 1 aliphatic rings. The van der Waals surface area contributed by atoms with E-state index in [9.17, 15) is 14.7 Å². The lowest BCUT2D eigenvalue weighted by Crippen LogP contribution is -2.29. The summed E-state index contributed by atoms with van der Waals surface area (Å²) < 4.78 is 11.5. The van der Waals surface area contributed by atoms with E-state index in [0.717, 1.165) is 16.7 Å². The van der Waals surface area contributed by atoms with Crippen molar-refractivity contribution >= 4 is 23.1 Å². The maximum atomic E-state index is 13.5. The van der Waals surface area contributed by atoms with Gasteiger partial charge < -0.3 is 14.6 Å². The lowest BCUT2D eigenvalue weighted by molar-refractivity contribution is -0.132. The number of rotatable bonds is 7. The van der Waals surface area contributed by atoms with Crippen molar-refractivity contribution in [3.63, 3.8) is 0 Å². The molecule has 3 aromatic carbocycles. The third-order valence-electron chi connectivity index (χ3n) is 6.67. The summed E-state index contributed by atoms with van der Waals surface area (Å²) in [6, 6.07) is 17.3. The summed E-state index contributed by atoms with van der Waals surface area (Å²) in [5.41, 5.74) is 4.53. The molecule has 1 saturated heterocycles. The van der Waals surface area contributed by atoms with Crippen molar-refractivity contribution in [2.24, 2.45) is 5.92 Å². The molecule has 0 aromatic heterocycles. The molecule has 1 unspecified atom stereocenters. The Balaban J connectivity index is 1.90. The average molecular weight is 500 g/mol. The molecule has 0 saturated carbocycles. The third kappa shape index (κ3) is 4.96. The van der Waals surface area contributed by atoms with Gasteiger partial charge in [0.1, 0.15) is 17.3 Å². The Hall–Kier alpha value is -4.06. The number of anilines is 1. The second kappa shape index (κ2) is 10.5. The number of hydrogen-bond acceptors (Lipinski definition) is 5. The van der Waals surface area contributed by atoms with E-state index < -0.39 is 17.7 Å². The molecule has 4 rings (SSSR count). The van der Waals surface area contributed by atoms with Crippen molar-refractivity contribution in [1.82, 2.24) is 0 Å². The van der Waals surface area contributed by atoms with E-state index in [1.807, 2.05) is 57.2 Å². The molecule has 0 spiro atoms. The highest BCUT2D eigenvalue weighted by atomic mass is 16.5. The number of ketones is 1. The number of benzene rings is 3. The molecule has 3 aromatic rings. The van der Waals surface area contributed by atoms with E-state index in [1.165, 1.54) is 4.90 Å². The van der Waals surface area contributed by atoms with Crippen LogP contribution in [0.4, 0.5) is 5.69 Å². The fraction of sp³-hybridized carbons (Fsp3) is 0.290. The molecule has 0 bridgehead atoms. The number of nitrogens with zero attached hydrogens (tertiary/aromatic N) is 1. The molecule has 0 radical (unpaired) electrons. The minimum atomic E-state index is -0.865. The number of aryl methyl sites for hydroxylation is 3. The van der Waals surface area contributed by atoms with Gasteiger partial charge in [0, 0.05) is 16.8 Å². The van der Waals surface area contributed by atoms with Crippen LogP contribution in [0.15, 0.2) is 66.2 Å². The van der Waals surface area contributed by atoms with Crippen molar-refractivity contribution in [2.75, 3.05) is 18.6 Å². The van der Waals surface area contributed by atoms with Gasteiger partial charge in [-0.25, -0.2) is 0 Å². The minimum Gasteiger partial charge on any atom is -0.507 e. The first-order valence-electron chi connectivity index (χ1n) is 12.4. The average Bonchev–Trinajstić information content (AvgIpc) is 3.14. The standard InChI is InChI=1S/C31H33NO5/c1-18(2)17-37-25-14-12-22(15-21(25)5)29(33)27-28(24-9-7-8-10-26(24)36-6)32(31(35)30(27)34)23-13-11-19(3)20(4)16-23/h7-16,18,28,33H,17H2,1-6H3/b29-27+. The van der Waals surface area contributed by atoms with Crippen molar-refractivity contribution < 1.29 is 24.2 Å².